The van der Waals surface area contributed by atoms with Crippen molar-refractivity contribution in [2.45, 2.75) is 45.6 Å². The summed E-state index contributed by atoms with van der Waals surface area (Å²) < 4.78 is 11.6. The van der Waals surface area contributed by atoms with Crippen molar-refractivity contribution in [2.24, 2.45) is 5.92 Å². The first-order chi connectivity index (χ1) is 14.2. The van der Waals surface area contributed by atoms with Gasteiger partial charge in [-0.2, -0.15) is 0 Å². The van der Waals surface area contributed by atoms with Gasteiger partial charge in [0, 0.05) is 17.0 Å². The van der Waals surface area contributed by atoms with Crippen molar-refractivity contribution in [2.75, 3.05) is 18.5 Å². The number of nitrogens with one attached hydrogen (secondary N) is 1. The molecule has 29 heavy (non-hydrogen) atoms. The fraction of sp³-hybridized carbons (Fsp3) is 0.417. The molecule has 1 aliphatic carbocycles. The Morgan fingerprint density at radius 1 is 1.03 bits per heavy atom. The van der Waals surface area contributed by atoms with Crippen molar-refractivity contribution in [1.29, 1.82) is 0 Å². The quantitative estimate of drug-likeness (QED) is 0.653. The van der Waals surface area contributed by atoms with Crippen LogP contribution in [0.15, 0.2) is 36.4 Å². The van der Waals surface area contributed by atoms with E-state index >= 15 is 0 Å². The molecule has 2 aromatic carbocycles. The summed E-state index contributed by atoms with van der Waals surface area (Å²) in [6.07, 6.45) is 5.00. The number of aromatic nitrogens is 2. The third-order valence-electron chi connectivity index (χ3n) is 6.03. The number of benzene rings is 2. The Labute approximate surface area is 171 Å². The van der Waals surface area contributed by atoms with E-state index in [1.54, 1.807) is 0 Å². The van der Waals surface area contributed by atoms with Gasteiger partial charge in [0.25, 0.3) is 0 Å². The number of hydrogen-bond acceptors (Lipinski definition) is 5. The van der Waals surface area contributed by atoms with Gasteiger partial charge in [0.1, 0.15) is 13.2 Å². The molecule has 1 aliphatic heterocycles. The zero-order chi connectivity index (χ0) is 19.8. The van der Waals surface area contributed by atoms with Crippen LogP contribution in [0.2, 0.25) is 0 Å². The average Bonchev–Trinajstić information content (AvgIpc) is 2.73. The van der Waals surface area contributed by atoms with E-state index in [4.69, 9.17) is 19.4 Å². The average molecular weight is 389 g/mol. The summed E-state index contributed by atoms with van der Waals surface area (Å²) in [6, 6.07) is 12.9. The van der Waals surface area contributed by atoms with E-state index < -0.39 is 0 Å². The Morgan fingerprint density at radius 2 is 1.93 bits per heavy atom. The topological polar surface area (TPSA) is 56.3 Å². The summed E-state index contributed by atoms with van der Waals surface area (Å²) in [6.45, 7) is 5.56. The van der Waals surface area contributed by atoms with E-state index in [0.717, 1.165) is 51.1 Å². The van der Waals surface area contributed by atoms with Gasteiger partial charge < -0.3 is 14.8 Å². The third kappa shape index (κ3) is 3.61. The summed E-state index contributed by atoms with van der Waals surface area (Å²) in [4.78, 5) is 9.56. The number of nitrogens with zero attached hydrogens (tertiary/aromatic N) is 2. The van der Waals surface area contributed by atoms with E-state index in [0.29, 0.717) is 19.3 Å². The van der Waals surface area contributed by atoms with Gasteiger partial charge >= 0.3 is 0 Å². The molecule has 1 fully saturated rings. The summed E-state index contributed by atoms with van der Waals surface area (Å²) in [5.74, 6) is 3.15. The molecule has 0 unspecified atom stereocenters. The molecule has 5 rings (SSSR count). The minimum Gasteiger partial charge on any atom is -0.486 e. The van der Waals surface area contributed by atoms with Gasteiger partial charge in [-0.1, -0.05) is 38.0 Å². The zero-order valence-electron chi connectivity index (χ0n) is 17.1. The van der Waals surface area contributed by atoms with Crippen LogP contribution in [-0.4, -0.2) is 29.2 Å². The fourth-order valence-electron chi connectivity index (χ4n) is 4.56. The summed E-state index contributed by atoms with van der Waals surface area (Å²) >= 11 is 0. The second-order valence-electron chi connectivity index (χ2n) is 8.31. The zero-order valence-corrected chi connectivity index (χ0v) is 17.1. The Kier molecular flexibility index (Phi) is 4.74. The Morgan fingerprint density at radius 3 is 2.83 bits per heavy atom. The molecule has 0 saturated heterocycles. The second-order valence-corrected chi connectivity index (χ2v) is 8.31. The van der Waals surface area contributed by atoms with Crippen LogP contribution in [0.3, 0.4) is 0 Å². The molecular weight excluding hydrogens is 362 g/mol. The number of ether oxygens (including phenoxy) is 2. The lowest BCUT2D eigenvalue weighted by Crippen LogP contribution is -2.27. The first-order valence-electron chi connectivity index (χ1n) is 10.6. The predicted octanol–water partition coefficient (Wildman–Crippen LogP) is 5.37. The Balaban J connectivity index is 1.48. The molecule has 1 saturated carbocycles. The third-order valence-corrected chi connectivity index (χ3v) is 6.03. The second kappa shape index (κ2) is 7.54. The molecule has 2 atom stereocenters. The smallest absolute Gasteiger partial charge is 0.223 e. The minimum absolute atomic E-state index is 0.475. The number of rotatable bonds is 3. The van der Waals surface area contributed by atoms with Gasteiger partial charge in [-0.25, -0.2) is 9.97 Å². The first-order valence-corrected chi connectivity index (χ1v) is 10.6. The molecule has 0 amide bonds. The van der Waals surface area contributed by atoms with Crippen molar-refractivity contribution in [1.82, 2.24) is 9.97 Å². The molecule has 0 spiro atoms. The first kappa shape index (κ1) is 18.2. The molecule has 2 aliphatic rings. The van der Waals surface area contributed by atoms with Crippen LogP contribution in [0.1, 0.15) is 38.3 Å². The van der Waals surface area contributed by atoms with E-state index in [9.17, 15) is 0 Å². The van der Waals surface area contributed by atoms with Crippen LogP contribution < -0.4 is 14.8 Å². The van der Waals surface area contributed by atoms with Crippen molar-refractivity contribution in [3.8, 4) is 22.6 Å². The maximum atomic E-state index is 5.90. The highest BCUT2D eigenvalue weighted by molar-refractivity contribution is 5.88. The van der Waals surface area contributed by atoms with Crippen LogP contribution in [0.4, 0.5) is 5.95 Å². The SMILES string of the molecule is Cc1nc(N[C@@H]2CCC[C@H](C)C2)nc2ccc(-c3cccc4c3OCCO4)cc12. The van der Waals surface area contributed by atoms with Crippen molar-refractivity contribution in [3.05, 3.63) is 42.1 Å². The van der Waals surface area contributed by atoms with Gasteiger partial charge in [-0.3, -0.25) is 0 Å². The van der Waals surface area contributed by atoms with Crippen LogP contribution in [0, 0.1) is 12.8 Å². The molecule has 0 radical (unpaired) electrons. The molecule has 5 nitrogen and oxygen atoms in total. The highest BCUT2D eigenvalue weighted by Gasteiger charge is 2.20. The van der Waals surface area contributed by atoms with Gasteiger partial charge in [-0.05, 0) is 49.4 Å². The summed E-state index contributed by atoms with van der Waals surface area (Å²) in [5.41, 5.74) is 4.09. The van der Waals surface area contributed by atoms with Gasteiger partial charge in [0.2, 0.25) is 5.95 Å². The lowest BCUT2D eigenvalue weighted by molar-refractivity contribution is 0.172. The largest absolute Gasteiger partial charge is 0.486 e. The van der Waals surface area contributed by atoms with E-state index in [1.807, 2.05) is 12.1 Å². The maximum absolute atomic E-state index is 5.90. The highest BCUT2D eigenvalue weighted by atomic mass is 16.6. The van der Waals surface area contributed by atoms with E-state index in [2.05, 4.69) is 43.4 Å². The van der Waals surface area contributed by atoms with Crippen molar-refractivity contribution in [3.63, 3.8) is 0 Å². The van der Waals surface area contributed by atoms with E-state index in [-0.39, 0.29) is 0 Å². The maximum Gasteiger partial charge on any atom is 0.223 e. The number of fused-ring (bicyclic) bond motifs is 2. The minimum atomic E-state index is 0.475. The molecule has 150 valence electrons. The van der Waals surface area contributed by atoms with Crippen LogP contribution in [-0.2, 0) is 0 Å². The monoisotopic (exact) mass is 389 g/mol. The lowest BCUT2D eigenvalue weighted by atomic mass is 9.87. The Hall–Kier alpha value is -2.82. The molecule has 2 heterocycles. The van der Waals surface area contributed by atoms with Crippen LogP contribution in [0.25, 0.3) is 22.0 Å². The number of anilines is 1. The number of hydrogen-bond donors (Lipinski definition) is 1. The predicted molar refractivity (Wildman–Crippen MR) is 116 cm³/mol. The molecule has 5 heteroatoms. The normalized spacial score (nSPS) is 21.2. The van der Waals surface area contributed by atoms with Crippen molar-refractivity contribution < 1.29 is 9.47 Å². The number of aryl methyl sites for hydroxylation is 1. The van der Waals surface area contributed by atoms with Crippen LogP contribution >= 0.6 is 0 Å². The van der Waals surface area contributed by atoms with Gasteiger partial charge in [-0.15, -0.1) is 0 Å². The molecule has 1 aromatic heterocycles. The molecular formula is C24H27N3O2. The van der Waals surface area contributed by atoms with Crippen molar-refractivity contribution >= 4 is 16.9 Å². The Bertz CT molecular complexity index is 1050. The lowest BCUT2D eigenvalue weighted by Gasteiger charge is -2.27. The van der Waals surface area contributed by atoms with Crippen LogP contribution in [0.5, 0.6) is 11.5 Å². The fourth-order valence-corrected chi connectivity index (χ4v) is 4.56. The standard InChI is InChI=1S/C24H27N3O2/c1-15-5-3-6-18(13-15)26-24-25-16(2)20-14-17(9-10-21(20)27-24)19-7-4-8-22-23(19)29-12-11-28-22/h4,7-10,14-15,18H,3,5-6,11-13H2,1-2H3,(H,25,26,27)/t15-,18+/m0/s1. The van der Waals surface area contributed by atoms with Gasteiger partial charge in [0.15, 0.2) is 11.5 Å². The molecule has 0 bridgehead atoms. The van der Waals surface area contributed by atoms with E-state index in [1.165, 1.54) is 25.7 Å². The number of para-hydroxylation sites is 1. The molecule has 3 aromatic rings. The summed E-state index contributed by atoms with van der Waals surface area (Å²) in [5, 5.41) is 4.64. The molecule has 1 N–H and O–H groups in total. The van der Waals surface area contributed by atoms with Gasteiger partial charge in [0.05, 0.1) is 11.2 Å². The summed E-state index contributed by atoms with van der Waals surface area (Å²) in [7, 11) is 0. The highest BCUT2D eigenvalue weighted by Crippen LogP contribution is 2.40.